The van der Waals surface area contributed by atoms with Gasteiger partial charge < -0.3 is 26.4 Å². The van der Waals surface area contributed by atoms with Gasteiger partial charge in [-0.15, -0.1) is 11.3 Å². The van der Waals surface area contributed by atoms with Crippen LogP contribution in [0, 0.1) is 5.82 Å². The number of halogens is 1. The lowest BCUT2D eigenvalue weighted by Crippen LogP contribution is -2.35. The summed E-state index contributed by atoms with van der Waals surface area (Å²) >= 11 is 6.36. The van der Waals surface area contributed by atoms with Crippen LogP contribution in [0.25, 0.3) is 10.2 Å². The number of carbonyl (C=O) groups is 2. The first-order chi connectivity index (χ1) is 17.4. The van der Waals surface area contributed by atoms with Crippen LogP contribution in [0.4, 0.5) is 10.1 Å². The van der Waals surface area contributed by atoms with Gasteiger partial charge in [0.2, 0.25) is 5.91 Å². The van der Waals surface area contributed by atoms with Crippen LogP contribution >= 0.6 is 23.6 Å². The zero-order valence-corrected chi connectivity index (χ0v) is 20.5. The number of nitrogens with two attached hydrogens (primary N) is 1. The first kappa shape index (κ1) is 25.2. The summed E-state index contributed by atoms with van der Waals surface area (Å²) in [5.41, 5.74) is 7.19. The number of ether oxygens (including phenoxy) is 1. The molecule has 0 fully saturated rings. The molecule has 0 bridgehead atoms. The van der Waals surface area contributed by atoms with E-state index >= 15 is 0 Å². The van der Waals surface area contributed by atoms with Crippen molar-refractivity contribution in [2.45, 2.75) is 6.42 Å². The number of anilines is 1. The van der Waals surface area contributed by atoms with Crippen molar-refractivity contribution in [2.24, 2.45) is 5.73 Å². The Morgan fingerprint density at radius 1 is 1.08 bits per heavy atom. The molecule has 0 aliphatic carbocycles. The van der Waals surface area contributed by atoms with Crippen LogP contribution in [0.2, 0.25) is 0 Å². The predicted molar refractivity (Wildman–Crippen MR) is 142 cm³/mol. The highest BCUT2D eigenvalue weighted by Gasteiger charge is 2.16. The van der Waals surface area contributed by atoms with Gasteiger partial charge in [0.15, 0.2) is 16.7 Å². The summed E-state index contributed by atoms with van der Waals surface area (Å²) in [6.07, 6.45) is 1.69. The molecule has 2 aromatic carbocycles. The molecule has 0 saturated heterocycles. The molecule has 0 radical (unpaired) electrons. The van der Waals surface area contributed by atoms with Gasteiger partial charge >= 0.3 is 0 Å². The van der Waals surface area contributed by atoms with E-state index in [2.05, 4.69) is 20.9 Å². The molecular weight excluding hydrogens is 501 g/mol. The minimum absolute atomic E-state index is 0.0189. The minimum Gasteiger partial charge on any atom is -0.453 e. The molecule has 184 valence electrons. The van der Waals surface area contributed by atoms with Crippen LogP contribution in [0.15, 0.2) is 66.9 Å². The molecule has 0 aliphatic heterocycles. The SMILES string of the molecule is NCCNC(=O)c1cc2nccc(Oc3ccc(NC(=S)NC(=O)Cc4ccccc4)cc3F)c2s1. The number of aromatic nitrogens is 1. The summed E-state index contributed by atoms with van der Waals surface area (Å²) < 4.78 is 21.2. The van der Waals surface area contributed by atoms with Gasteiger partial charge in [0.1, 0.15) is 5.75 Å². The second-order valence-corrected chi connectivity index (χ2v) is 9.05. The van der Waals surface area contributed by atoms with Gasteiger partial charge in [-0.05, 0) is 36.0 Å². The van der Waals surface area contributed by atoms with Crippen LogP contribution < -0.4 is 26.4 Å². The van der Waals surface area contributed by atoms with Crippen LogP contribution in [-0.4, -0.2) is 35.0 Å². The Labute approximate surface area is 215 Å². The van der Waals surface area contributed by atoms with E-state index in [0.717, 1.165) is 5.56 Å². The van der Waals surface area contributed by atoms with Crippen molar-refractivity contribution < 1.29 is 18.7 Å². The molecule has 4 aromatic rings. The maximum atomic E-state index is 14.8. The molecule has 0 atom stereocenters. The second kappa shape index (κ2) is 11.7. The standard InChI is InChI=1S/C25H22FN5O3S2/c26-17-13-16(30-25(35)31-22(32)12-15-4-2-1-3-5-15)6-7-19(17)34-20-8-10-28-18-14-21(36-23(18)20)24(33)29-11-9-27/h1-8,10,13-14H,9,11-12,27H2,(H,29,33)(H2,30,31,32,35). The first-order valence-corrected chi connectivity index (χ1v) is 12.1. The Balaban J connectivity index is 1.41. The monoisotopic (exact) mass is 523 g/mol. The van der Waals surface area contributed by atoms with Crippen LogP contribution in [0.5, 0.6) is 11.5 Å². The summed E-state index contributed by atoms with van der Waals surface area (Å²) in [6.45, 7) is 0.688. The minimum atomic E-state index is -0.638. The molecule has 4 rings (SSSR count). The van der Waals surface area contributed by atoms with E-state index in [0.29, 0.717) is 39.6 Å². The average molecular weight is 524 g/mol. The van der Waals surface area contributed by atoms with Gasteiger partial charge in [0.25, 0.3) is 5.91 Å². The van der Waals surface area contributed by atoms with E-state index in [4.69, 9.17) is 22.7 Å². The van der Waals surface area contributed by atoms with Gasteiger partial charge in [-0.2, -0.15) is 0 Å². The van der Waals surface area contributed by atoms with Crippen LogP contribution in [-0.2, 0) is 11.2 Å². The molecule has 2 amide bonds. The van der Waals surface area contributed by atoms with Crippen molar-refractivity contribution in [1.82, 2.24) is 15.6 Å². The third-order valence-electron chi connectivity index (χ3n) is 4.90. The van der Waals surface area contributed by atoms with Gasteiger partial charge in [-0.3, -0.25) is 14.6 Å². The number of nitrogens with zero attached hydrogens (tertiary/aromatic N) is 1. The van der Waals surface area contributed by atoms with Gasteiger partial charge in [0, 0.05) is 37.1 Å². The molecule has 0 unspecified atom stereocenters. The normalized spacial score (nSPS) is 10.6. The number of hydrogen-bond donors (Lipinski definition) is 4. The summed E-state index contributed by atoms with van der Waals surface area (Å²) in [5, 5.41) is 8.13. The van der Waals surface area contributed by atoms with E-state index in [1.165, 1.54) is 29.7 Å². The highest BCUT2D eigenvalue weighted by Crippen LogP contribution is 2.36. The molecule has 0 saturated carbocycles. The van der Waals surface area contributed by atoms with Gasteiger partial charge in [0.05, 0.1) is 21.5 Å². The smallest absolute Gasteiger partial charge is 0.261 e. The number of thiophene rings is 1. The summed E-state index contributed by atoms with van der Waals surface area (Å²) in [4.78, 5) is 29.1. The van der Waals surface area contributed by atoms with E-state index < -0.39 is 5.82 Å². The zero-order chi connectivity index (χ0) is 25.5. The molecule has 36 heavy (non-hydrogen) atoms. The van der Waals surface area contributed by atoms with Crippen molar-refractivity contribution in [3.63, 3.8) is 0 Å². The van der Waals surface area contributed by atoms with Crippen molar-refractivity contribution in [3.05, 3.63) is 83.1 Å². The lowest BCUT2D eigenvalue weighted by atomic mass is 10.1. The lowest BCUT2D eigenvalue weighted by molar-refractivity contribution is -0.119. The number of carbonyl (C=O) groups excluding carboxylic acids is 2. The molecule has 5 N–H and O–H groups in total. The van der Waals surface area contributed by atoms with Crippen molar-refractivity contribution in [3.8, 4) is 11.5 Å². The van der Waals surface area contributed by atoms with E-state index in [-0.39, 0.29) is 29.1 Å². The molecule has 8 nitrogen and oxygen atoms in total. The van der Waals surface area contributed by atoms with Gasteiger partial charge in [-0.25, -0.2) is 4.39 Å². The number of nitrogens with one attached hydrogen (secondary N) is 3. The molecule has 2 heterocycles. The number of hydrogen-bond acceptors (Lipinski definition) is 7. The Morgan fingerprint density at radius 2 is 1.89 bits per heavy atom. The van der Waals surface area contributed by atoms with Crippen LogP contribution in [0.3, 0.4) is 0 Å². The Morgan fingerprint density at radius 3 is 2.64 bits per heavy atom. The quantitative estimate of drug-likeness (QED) is 0.258. The van der Waals surface area contributed by atoms with E-state index in [1.54, 1.807) is 18.2 Å². The Hall–Kier alpha value is -3.93. The maximum Gasteiger partial charge on any atom is 0.261 e. The average Bonchev–Trinajstić information content (AvgIpc) is 3.30. The fraction of sp³-hybridized carbons (Fsp3) is 0.120. The summed E-state index contributed by atoms with van der Waals surface area (Å²) in [5.74, 6) is -0.836. The molecule has 11 heteroatoms. The zero-order valence-electron chi connectivity index (χ0n) is 18.9. The van der Waals surface area contributed by atoms with E-state index in [9.17, 15) is 14.0 Å². The highest BCUT2D eigenvalue weighted by atomic mass is 32.1. The number of fused-ring (bicyclic) bond motifs is 1. The Bertz CT molecular complexity index is 1410. The first-order valence-electron chi connectivity index (χ1n) is 10.9. The number of benzene rings is 2. The maximum absolute atomic E-state index is 14.8. The third-order valence-corrected chi connectivity index (χ3v) is 6.24. The van der Waals surface area contributed by atoms with Crippen LogP contribution in [0.1, 0.15) is 15.2 Å². The van der Waals surface area contributed by atoms with Crippen molar-refractivity contribution >= 4 is 56.4 Å². The number of rotatable bonds is 8. The molecule has 2 aromatic heterocycles. The number of amides is 2. The van der Waals surface area contributed by atoms with Gasteiger partial charge in [-0.1, -0.05) is 30.3 Å². The molecule has 0 aliphatic rings. The third kappa shape index (κ3) is 6.39. The summed E-state index contributed by atoms with van der Waals surface area (Å²) in [6, 6.07) is 16.7. The predicted octanol–water partition coefficient (Wildman–Crippen LogP) is 3.97. The molecular formula is C25H22FN5O3S2. The van der Waals surface area contributed by atoms with Crippen molar-refractivity contribution in [1.29, 1.82) is 0 Å². The highest BCUT2D eigenvalue weighted by molar-refractivity contribution is 7.80. The Kier molecular flexibility index (Phi) is 8.16. The lowest BCUT2D eigenvalue weighted by Gasteiger charge is -2.12. The number of pyridine rings is 1. The topological polar surface area (TPSA) is 118 Å². The second-order valence-electron chi connectivity index (χ2n) is 7.59. The fourth-order valence-electron chi connectivity index (χ4n) is 3.27. The molecule has 0 spiro atoms. The largest absolute Gasteiger partial charge is 0.453 e. The van der Waals surface area contributed by atoms with E-state index in [1.807, 2.05) is 30.3 Å². The fourth-order valence-corrected chi connectivity index (χ4v) is 4.49. The van der Waals surface area contributed by atoms with Crippen molar-refractivity contribution in [2.75, 3.05) is 18.4 Å². The summed E-state index contributed by atoms with van der Waals surface area (Å²) in [7, 11) is 0. The number of thiocarbonyl (C=S) groups is 1.